The van der Waals surface area contributed by atoms with E-state index in [4.69, 9.17) is 10.5 Å². The molecule has 2 N–H and O–H groups in total. The summed E-state index contributed by atoms with van der Waals surface area (Å²) in [6.07, 6.45) is 4.00. The Kier molecular flexibility index (Phi) is 5.91. The maximum absolute atomic E-state index is 5.91. The number of hydrogen-bond acceptors (Lipinski definition) is 3. The van der Waals surface area contributed by atoms with Gasteiger partial charge in [-0.25, -0.2) is 0 Å². The van der Waals surface area contributed by atoms with Crippen molar-refractivity contribution in [2.75, 3.05) is 32.8 Å². The van der Waals surface area contributed by atoms with Gasteiger partial charge in [0.2, 0.25) is 0 Å². The SMILES string of the molecule is Cc1ccc(OCCN2CCCCC2)c(C#CCN)c1. The predicted molar refractivity (Wildman–Crippen MR) is 82.9 cm³/mol. The van der Waals surface area contributed by atoms with Gasteiger partial charge in [-0.15, -0.1) is 0 Å². The van der Waals surface area contributed by atoms with Gasteiger partial charge in [0.25, 0.3) is 0 Å². The Labute approximate surface area is 122 Å². The summed E-state index contributed by atoms with van der Waals surface area (Å²) in [5, 5.41) is 0. The van der Waals surface area contributed by atoms with Gasteiger partial charge in [0, 0.05) is 6.54 Å². The molecule has 1 aromatic carbocycles. The second-order valence-electron chi connectivity index (χ2n) is 5.26. The molecule has 2 rings (SSSR count). The fraction of sp³-hybridized carbons (Fsp3) is 0.529. The summed E-state index contributed by atoms with van der Waals surface area (Å²) in [4.78, 5) is 2.48. The van der Waals surface area contributed by atoms with E-state index in [1.165, 1.54) is 37.9 Å². The topological polar surface area (TPSA) is 38.5 Å². The molecule has 1 aromatic rings. The van der Waals surface area contributed by atoms with Crippen molar-refractivity contribution in [1.29, 1.82) is 0 Å². The number of nitrogens with zero attached hydrogens (tertiary/aromatic N) is 1. The van der Waals surface area contributed by atoms with Crippen LogP contribution in [-0.2, 0) is 0 Å². The highest BCUT2D eigenvalue weighted by Crippen LogP contribution is 2.19. The molecule has 3 heteroatoms. The van der Waals surface area contributed by atoms with Crippen LogP contribution in [0.1, 0.15) is 30.4 Å². The van der Waals surface area contributed by atoms with E-state index in [0.717, 1.165) is 24.5 Å². The summed E-state index contributed by atoms with van der Waals surface area (Å²) in [6.45, 7) is 6.57. The van der Waals surface area contributed by atoms with Crippen molar-refractivity contribution in [2.24, 2.45) is 5.73 Å². The van der Waals surface area contributed by atoms with Gasteiger partial charge >= 0.3 is 0 Å². The Morgan fingerprint density at radius 2 is 2.05 bits per heavy atom. The van der Waals surface area contributed by atoms with E-state index in [2.05, 4.69) is 35.8 Å². The molecule has 1 aliphatic rings. The minimum Gasteiger partial charge on any atom is -0.491 e. The third kappa shape index (κ3) is 4.56. The first-order valence-electron chi connectivity index (χ1n) is 7.44. The highest BCUT2D eigenvalue weighted by atomic mass is 16.5. The average molecular weight is 272 g/mol. The molecule has 0 amide bonds. The van der Waals surface area contributed by atoms with Crippen molar-refractivity contribution in [2.45, 2.75) is 26.2 Å². The molecule has 0 unspecified atom stereocenters. The molecule has 1 saturated heterocycles. The van der Waals surface area contributed by atoms with E-state index >= 15 is 0 Å². The summed E-state index contributed by atoms with van der Waals surface area (Å²) in [5.41, 5.74) is 7.57. The number of piperidine rings is 1. The monoisotopic (exact) mass is 272 g/mol. The maximum Gasteiger partial charge on any atom is 0.134 e. The van der Waals surface area contributed by atoms with Crippen LogP contribution in [0.4, 0.5) is 0 Å². The lowest BCUT2D eigenvalue weighted by atomic mass is 10.1. The molecule has 0 bridgehead atoms. The first kappa shape index (κ1) is 14.9. The molecule has 20 heavy (non-hydrogen) atoms. The molecule has 3 nitrogen and oxygen atoms in total. The molecule has 0 aliphatic carbocycles. The molecule has 108 valence electrons. The molecule has 0 saturated carbocycles. The number of likely N-dealkylation sites (tertiary alicyclic amines) is 1. The van der Waals surface area contributed by atoms with Crippen molar-refractivity contribution in [1.82, 2.24) is 4.90 Å². The fourth-order valence-corrected chi connectivity index (χ4v) is 2.48. The summed E-state index contributed by atoms with van der Waals surface area (Å²) in [6, 6.07) is 6.12. The zero-order chi connectivity index (χ0) is 14.2. The fourth-order valence-electron chi connectivity index (χ4n) is 2.48. The number of ether oxygens (including phenoxy) is 1. The van der Waals surface area contributed by atoms with Crippen LogP contribution in [-0.4, -0.2) is 37.7 Å². The normalized spacial score (nSPS) is 15.5. The first-order valence-corrected chi connectivity index (χ1v) is 7.44. The van der Waals surface area contributed by atoms with Crippen LogP contribution in [0.5, 0.6) is 5.75 Å². The van der Waals surface area contributed by atoms with Crippen LogP contribution < -0.4 is 10.5 Å². The summed E-state index contributed by atoms with van der Waals surface area (Å²) < 4.78 is 5.91. The van der Waals surface area contributed by atoms with Gasteiger partial charge in [-0.05, 0) is 50.6 Å². The van der Waals surface area contributed by atoms with E-state index in [1.54, 1.807) is 0 Å². The van der Waals surface area contributed by atoms with Gasteiger partial charge in [0.05, 0.1) is 12.1 Å². The molecular formula is C17H24N2O. The van der Waals surface area contributed by atoms with Crippen molar-refractivity contribution < 1.29 is 4.74 Å². The van der Waals surface area contributed by atoms with Gasteiger partial charge in [-0.3, -0.25) is 4.90 Å². The molecule has 0 aromatic heterocycles. The van der Waals surface area contributed by atoms with Crippen LogP contribution in [0.25, 0.3) is 0 Å². The van der Waals surface area contributed by atoms with E-state index in [1.807, 2.05) is 6.07 Å². The second kappa shape index (κ2) is 7.94. The lowest BCUT2D eigenvalue weighted by molar-refractivity contribution is 0.183. The van der Waals surface area contributed by atoms with Gasteiger partial charge in [0.1, 0.15) is 12.4 Å². The van der Waals surface area contributed by atoms with Gasteiger partial charge in [0.15, 0.2) is 0 Å². The molecular weight excluding hydrogens is 248 g/mol. The largest absolute Gasteiger partial charge is 0.491 e. The zero-order valence-corrected chi connectivity index (χ0v) is 12.3. The Balaban J connectivity index is 1.91. The Morgan fingerprint density at radius 3 is 2.80 bits per heavy atom. The van der Waals surface area contributed by atoms with Crippen molar-refractivity contribution in [3.63, 3.8) is 0 Å². The average Bonchev–Trinajstić information content (AvgIpc) is 2.48. The number of rotatable bonds is 4. The van der Waals surface area contributed by atoms with E-state index in [-0.39, 0.29) is 0 Å². The predicted octanol–water partition coefficient (Wildman–Crippen LogP) is 2.17. The molecule has 1 fully saturated rings. The Morgan fingerprint density at radius 1 is 1.25 bits per heavy atom. The van der Waals surface area contributed by atoms with Crippen molar-refractivity contribution in [3.8, 4) is 17.6 Å². The highest BCUT2D eigenvalue weighted by Gasteiger charge is 2.10. The molecule has 0 atom stereocenters. The smallest absolute Gasteiger partial charge is 0.134 e. The third-order valence-corrected chi connectivity index (χ3v) is 3.57. The molecule has 1 aliphatic heterocycles. The summed E-state index contributed by atoms with van der Waals surface area (Å²) >= 11 is 0. The molecule has 1 heterocycles. The first-order chi connectivity index (χ1) is 9.79. The van der Waals surface area contributed by atoms with Gasteiger partial charge in [-0.2, -0.15) is 0 Å². The highest BCUT2D eigenvalue weighted by molar-refractivity contribution is 5.48. The third-order valence-electron chi connectivity index (χ3n) is 3.57. The minimum atomic E-state index is 0.376. The number of nitrogens with two attached hydrogens (primary N) is 1. The molecule has 0 radical (unpaired) electrons. The lowest BCUT2D eigenvalue weighted by Crippen LogP contribution is -2.33. The summed E-state index contributed by atoms with van der Waals surface area (Å²) in [5.74, 6) is 6.86. The standard InChI is InChI=1S/C17H24N2O/c1-15-7-8-17(16(14-15)6-5-9-18)20-13-12-19-10-3-2-4-11-19/h7-8,14H,2-4,9-13,18H2,1H3. The zero-order valence-electron chi connectivity index (χ0n) is 12.3. The number of aryl methyl sites for hydroxylation is 1. The number of benzene rings is 1. The number of hydrogen-bond donors (Lipinski definition) is 1. The quantitative estimate of drug-likeness (QED) is 0.854. The van der Waals surface area contributed by atoms with Gasteiger partial charge in [-0.1, -0.05) is 24.3 Å². The van der Waals surface area contributed by atoms with Crippen LogP contribution in [0, 0.1) is 18.8 Å². The van der Waals surface area contributed by atoms with Crippen LogP contribution in [0.3, 0.4) is 0 Å². The Bertz CT molecular complexity index is 481. The van der Waals surface area contributed by atoms with E-state index < -0.39 is 0 Å². The molecule has 0 spiro atoms. The van der Waals surface area contributed by atoms with Crippen molar-refractivity contribution >= 4 is 0 Å². The van der Waals surface area contributed by atoms with Crippen molar-refractivity contribution in [3.05, 3.63) is 29.3 Å². The van der Waals surface area contributed by atoms with Crippen LogP contribution in [0.15, 0.2) is 18.2 Å². The lowest BCUT2D eigenvalue weighted by Gasteiger charge is -2.26. The second-order valence-corrected chi connectivity index (χ2v) is 5.26. The van der Waals surface area contributed by atoms with Crippen LogP contribution >= 0.6 is 0 Å². The van der Waals surface area contributed by atoms with E-state index in [0.29, 0.717) is 6.54 Å². The van der Waals surface area contributed by atoms with Crippen LogP contribution in [0.2, 0.25) is 0 Å². The summed E-state index contributed by atoms with van der Waals surface area (Å²) in [7, 11) is 0. The van der Waals surface area contributed by atoms with Gasteiger partial charge < -0.3 is 10.5 Å². The van der Waals surface area contributed by atoms with E-state index in [9.17, 15) is 0 Å². The maximum atomic E-state index is 5.91. The Hall–Kier alpha value is -1.50. The minimum absolute atomic E-state index is 0.376.